The molecule has 2 N–H and O–H groups in total. The third kappa shape index (κ3) is 4.12. The van der Waals surface area contributed by atoms with E-state index < -0.39 is 24.7 Å². The van der Waals surface area contributed by atoms with Crippen LogP contribution < -0.4 is 10.2 Å². The zero-order valence-electron chi connectivity index (χ0n) is 15.0. The van der Waals surface area contributed by atoms with Gasteiger partial charge in [-0.05, 0) is 25.0 Å². The SMILES string of the molecule is O=C(NCC(F)(F)F)[C@H]1CCCN1c1ccnc(-c2c[nH]c3ncc(Cl)cc23)n1.[HH]. The van der Waals surface area contributed by atoms with Gasteiger partial charge in [0.2, 0.25) is 5.91 Å². The summed E-state index contributed by atoms with van der Waals surface area (Å²) in [5.74, 6) is 0.214. The lowest BCUT2D eigenvalue weighted by molar-refractivity contribution is -0.139. The number of pyridine rings is 1. The van der Waals surface area contributed by atoms with Crippen LogP contribution in [0.15, 0.2) is 30.7 Å². The van der Waals surface area contributed by atoms with E-state index in [1.807, 2.05) is 5.32 Å². The van der Waals surface area contributed by atoms with E-state index in [-0.39, 0.29) is 1.43 Å². The standard InChI is InChI=1S/C18H16ClF3N6O.H2/c19-10-6-11-12(8-25-15(11)24-7-10)16-23-4-3-14(27-16)28-5-1-2-13(28)17(29)26-9-18(20,21)22;/h3-4,6-8,13H,1-2,5,9H2,(H,24,25)(H,26,29);1H/t13-;/m1./s1. The number of anilines is 1. The summed E-state index contributed by atoms with van der Waals surface area (Å²) in [7, 11) is 0. The van der Waals surface area contributed by atoms with Gasteiger partial charge in [0, 0.05) is 37.5 Å². The third-order valence-electron chi connectivity index (χ3n) is 4.69. The van der Waals surface area contributed by atoms with Crippen molar-refractivity contribution in [3.63, 3.8) is 0 Å². The molecule has 0 unspecified atom stereocenters. The summed E-state index contributed by atoms with van der Waals surface area (Å²) >= 11 is 6.04. The molecule has 11 heteroatoms. The Morgan fingerprint density at radius 2 is 2.24 bits per heavy atom. The van der Waals surface area contributed by atoms with Crippen molar-refractivity contribution in [1.29, 1.82) is 0 Å². The fourth-order valence-corrected chi connectivity index (χ4v) is 3.58. The largest absolute Gasteiger partial charge is 0.405 e. The molecule has 7 nitrogen and oxygen atoms in total. The number of carbonyl (C=O) groups excluding carboxylic acids is 1. The maximum absolute atomic E-state index is 12.4. The van der Waals surface area contributed by atoms with Crippen LogP contribution in [0.2, 0.25) is 5.02 Å². The first-order valence-corrected chi connectivity index (χ1v) is 9.27. The topological polar surface area (TPSA) is 86.8 Å². The van der Waals surface area contributed by atoms with E-state index in [2.05, 4.69) is 19.9 Å². The van der Waals surface area contributed by atoms with Crippen molar-refractivity contribution in [2.24, 2.45) is 0 Å². The Labute approximate surface area is 169 Å². The van der Waals surface area contributed by atoms with Crippen LogP contribution in [0, 0.1) is 0 Å². The van der Waals surface area contributed by atoms with E-state index in [1.54, 1.807) is 29.4 Å². The van der Waals surface area contributed by atoms with Crippen molar-refractivity contribution in [3.05, 3.63) is 35.7 Å². The summed E-state index contributed by atoms with van der Waals surface area (Å²) < 4.78 is 37.3. The second-order valence-electron chi connectivity index (χ2n) is 6.67. The fraction of sp³-hybridized carbons (Fsp3) is 0.333. The Hall–Kier alpha value is -2.88. The summed E-state index contributed by atoms with van der Waals surface area (Å²) in [5, 5.41) is 3.17. The van der Waals surface area contributed by atoms with Crippen LogP contribution in [-0.4, -0.2) is 51.2 Å². The molecule has 0 aromatic carbocycles. The number of amides is 1. The molecular weight excluding hydrogens is 409 g/mol. The maximum Gasteiger partial charge on any atom is 0.405 e. The van der Waals surface area contributed by atoms with Gasteiger partial charge in [-0.2, -0.15) is 13.2 Å². The molecule has 1 aliphatic heterocycles. The van der Waals surface area contributed by atoms with Crippen molar-refractivity contribution in [2.75, 3.05) is 18.0 Å². The van der Waals surface area contributed by atoms with Gasteiger partial charge in [-0.3, -0.25) is 4.79 Å². The van der Waals surface area contributed by atoms with Crippen molar-refractivity contribution >= 4 is 34.4 Å². The zero-order chi connectivity index (χ0) is 20.6. The van der Waals surface area contributed by atoms with Gasteiger partial charge in [0.05, 0.1) is 5.02 Å². The van der Waals surface area contributed by atoms with Crippen molar-refractivity contribution in [1.82, 2.24) is 25.3 Å². The summed E-state index contributed by atoms with van der Waals surface area (Å²) in [5.41, 5.74) is 1.32. The van der Waals surface area contributed by atoms with Crippen LogP contribution in [0.5, 0.6) is 0 Å². The number of rotatable bonds is 4. The van der Waals surface area contributed by atoms with Crippen LogP contribution in [-0.2, 0) is 4.79 Å². The van der Waals surface area contributed by atoms with Crippen LogP contribution in [0.25, 0.3) is 22.4 Å². The molecule has 154 valence electrons. The molecular formula is C18H18ClF3N6O. The van der Waals surface area contributed by atoms with Gasteiger partial charge in [-0.25, -0.2) is 15.0 Å². The number of nitrogens with one attached hydrogen (secondary N) is 2. The number of hydrogen-bond acceptors (Lipinski definition) is 5. The van der Waals surface area contributed by atoms with Crippen LogP contribution >= 0.6 is 11.6 Å². The van der Waals surface area contributed by atoms with Crippen molar-refractivity contribution in [3.8, 4) is 11.4 Å². The molecule has 29 heavy (non-hydrogen) atoms. The fourth-order valence-electron chi connectivity index (χ4n) is 3.42. The average Bonchev–Trinajstić information content (AvgIpc) is 3.32. The minimum atomic E-state index is -4.45. The first-order chi connectivity index (χ1) is 13.8. The monoisotopic (exact) mass is 426 g/mol. The molecule has 0 bridgehead atoms. The molecule has 3 aromatic rings. The number of H-pyrrole nitrogens is 1. The van der Waals surface area contributed by atoms with Crippen LogP contribution in [0.1, 0.15) is 14.3 Å². The van der Waals surface area contributed by atoms with Gasteiger partial charge < -0.3 is 15.2 Å². The number of aromatic nitrogens is 4. The van der Waals surface area contributed by atoms with E-state index in [1.165, 1.54) is 6.20 Å². The van der Waals surface area contributed by atoms with E-state index in [0.717, 1.165) is 5.39 Å². The molecule has 4 rings (SSSR count). The minimum Gasteiger partial charge on any atom is -0.345 e. The first-order valence-electron chi connectivity index (χ1n) is 8.89. The molecule has 0 aliphatic carbocycles. The number of nitrogens with zero attached hydrogens (tertiary/aromatic N) is 4. The summed E-state index contributed by atoms with van der Waals surface area (Å²) in [6.45, 7) is -0.837. The number of alkyl halides is 3. The number of fused-ring (bicyclic) bond motifs is 1. The molecule has 1 aliphatic rings. The molecule has 1 fully saturated rings. The summed E-state index contributed by atoms with van der Waals surface area (Å²) in [6.07, 6.45) is 1.47. The number of halogens is 4. The zero-order valence-corrected chi connectivity index (χ0v) is 15.8. The lowest BCUT2D eigenvalue weighted by Crippen LogP contribution is -2.46. The van der Waals surface area contributed by atoms with Crippen molar-refractivity contribution in [2.45, 2.75) is 25.1 Å². The highest BCUT2D eigenvalue weighted by Crippen LogP contribution is 2.30. The van der Waals surface area contributed by atoms with Crippen molar-refractivity contribution < 1.29 is 19.4 Å². The molecule has 0 spiro atoms. The first kappa shape index (κ1) is 19.4. The van der Waals surface area contributed by atoms with Gasteiger partial charge in [-0.15, -0.1) is 0 Å². The van der Waals surface area contributed by atoms with E-state index in [9.17, 15) is 18.0 Å². The average molecular weight is 427 g/mol. The molecule has 1 atom stereocenters. The van der Waals surface area contributed by atoms with Crippen LogP contribution in [0.3, 0.4) is 0 Å². The predicted molar refractivity (Wildman–Crippen MR) is 104 cm³/mol. The highest BCUT2D eigenvalue weighted by atomic mass is 35.5. The van der Waals surface area contributed by atoms with Crippen LogP contribution in [0.4, 0.5) is 19.0 Å². The molecule has 0 radical (unpaired) electrons. The smallest absolute Gasteiger partial charge is 0.345 e. The van der Waals surface area contributed by atoms with Gasteiger partial charge >= 0.3 is 6.18 Å². The third-order valence-corrected chi connectivity index (χ3v) is 4.90. The second-order valence-corrected chi connectivity index (χ2v) is 7.11. The number of aromatic amines is 1. The van der Waals surface area contributed by atoms with Gasteiger partial charge in [0.25, 0.3) is 0 Å². The van der Waals surface area contributed by atoms with Gasteiger partial charge in [0.15, 0.2) is 5.82 Å². The van der Waals surface area contributed by atoms with Gasteiger partial charge in [0.1, 0.15) is 24.1 Å². The number of carbonyl (C=O) groups is 1. The molecule has 3 aromatic heterocycles. The lowest BCUT2D eigenvalue weighted by Gasteiger charge is -2.25. The van der Waals surface area contributed by atoms with E-state index >= 15 is 0 Å². The molecule has 1 saturated heterocycles. The molecule has 0 saturated carbocycles. The number of hydrogen-bond donors (Lipinski definition) is 2. The quantitative estimate of drug-likeness (QED) is 0.666. The minimum absolute atomic E-state index is 0. The molecule has 4 heterocycles. The maximum atomic E-state index is 12.4. The van der Waals surface area contributed by atoms with E-state index in [4.69, 9.17) is 11.6 Å². The summed E-state index contributed by atoms with van der Waals surface area (Å²) in [6, 6.07) is 2.67. The van der Waals surface area contributed by atoms with E-state index in [0.29, 0.717) is 47.3 Å². The predicted octanol–water partition coefficient (Wildman–Crippen LogP) is 3.57. The normalized spacial score (nSPS) is 17.1. The summed E-state index contributed by atoms with van der Waals surface area (Å²) in [4.78, 5) is 30.0. The van der Waals surface area contributed by atoms with Gasteiger partial charge in [-0.1, -0.05) is 11.6 Å². The lowest BCUT2D eigenvalue weighted by atomic mass is 10.2. The Kier molecular flexibility index (Phi) is 5.03. The molecule has 1 amide bonds. The Bertz CT molecular complexity index is 1060. The Balaban J connectivity index is 0.00000256. The Morgan fingerprint density at radius 1 is 1.41 bits per heavy atom. The Morgan fingerprint density at radius 3 is 3.03 bits per heavy atom. The highest BCUT2D eigenvalue weighted by molar-refractivity contribution is 6.31. The highest BCUT2D eigenvalue weighted by Gasteiger charge is 2.35. The second kappa shape index (κ2) is 7.51.